The molecule has 0 saturated carbocycles. The number of sulfone groups is 1. The first-order valence-electron chi connectivity index (χ1n) is 10.3. The summed E-state index contributed by atoms with van der Waals surface area (Å²) in [5.41, 5.74) is 7.54. The molecule has 4 aromatic rings. The lowest BCUT2D eigenvalue weighted by Crippen LogP contribution is -2.05. The zero-order valence-corrected chi connectivity index (χ0v) is 18.9. The van der Waals surface area contributed by atoms with Gasteiger partial charge in [-0.3, -0.25) is 4.68 Å². The molecule has 4 nitrogen and oxygen atoms in total. The van der Waals surface area contributed by atoms with Crippen LogP contribution in [0.1, 0.15) is 16.8 Å². The molecule has 0 radical (unpaired) electrons. The van der Waals surface area contributed by atoms with E-state index < -0.39 is 9.84 Å². The summed E-state index contributed by atoms with van der Waals surface area (Å²) in [6, 6.07) is 25.8. The van der Waals surface area contributed by atoms with Gasteiger partial charge in [0.2, 0.25) is 0 Å². The molecule has 0 spiro atoms. The molecule has 0 fully saturated rings. The minimum absolute atomic E-state index is 0.313. The fourth-order valence-corrected chi connectivity index (χ4v) is 4.40. The van der Waals surface area contributed by atoms with Crippen LogP contribution in [0.4, 0.5) is 0 Å². The lowest BCUT2D eigenvalue weighted by Gasteiger charge is -2.07. The van der Waals surface area contributed by atoms with Gasteiger partial charge in [-0.05, 0) is 43.5 Å². The SMILES string of the molecule is Cc1ccc(-c2c(-c3ccc(S(C)(=O)=O)cc3)nn(CCc3ccccc3)c2C)cc1. The van der Waals surface area contributed by atoms with Crippen LogP contribution in [0.3, 0.4) is 0 Å². The van der Waals surface area contributed by atoms with Gasteiger partial charge in [-0.25, -0.2) is 8.42 Å². The van der Waals surface area contributed by atoms with Crippen LogP contribution in [0.5, 0.6) is 0 Å². The molecule has 0 bridgehead atoms. The maximum atomic E-state index is 11.9. The van der Waals surface area contributed by atoms with E-state index in [2.05, 4.69) is 67.1 Å². The van der Waals surface area contributed by atoms with E-state index in [1.54, 1.807) is 12.1 Å². The molecule has 0 atom stereocenters. The molecule has 0 aliphatic rings. The zero-order valence-electron chi connectivity index (χ0n) is 18.0. The molecule has 0 saturated heterocycles. The van der Waals surface area contributed by atoms with Crippen molar-refractivity contribution in [1.29, 1.82) is 0 Å². The zero-order chi connectivity index (χ0) is 22.0. The number of aromatic nitrogens is 2. The summed E-state index contributed by atoms with van der Waals surface area (Å²) >= 11 is 0. The number of nitrogens with zero attached hydrogens (tertiary/aromatic N) is 2. The van der Waals surface area contributed by atoms with E-state index in [4.69, 9.17) is 5.10 Å². The Labute approximate surface area is 184 Å². The second kappa shape index (κ2) is 8.52. The molecule has 3 aromatic carbocycles. The van der Waals surface area contributed by atoms with Crippen molar-refractivity contribution in [3.05, 3.63) is 95.7 Å². The van der Waals surface area contributed by atoms with Crippen molar-refractivity contribution in [2.24, 2.45) is 0 Å². The van der Waals surface area contributed by atoms with Gasteiger partial charge >= 0.3 is 0 Å². The van der Waals surface area contributed by atoms with Crippen LogP contribution in [0.15, 0.2) is 83.8 Å². The van der Waals surface area contributed by atoms with Crippen LogP contribution < -0.4 is 0 Å². The molecule has 0 aliphatic carbocycles. The highest BCUT2D eigenvalue weighted by Crippen LogP contribution is 2.35. The molecule has 1 heterocycles. The predicted molar refractivity (Wildman–Crippen MR) is 126 cm³/mol. The summed E-state index contributed by atoms with van der Waals surface area (Å²) < 4.78 is 25.8. The number of hydrogen-bond donors (Lipinski definition) is 0. The predicted octanol–water partition coefficient (Wildman–Crippen LogP) is 5.48. The summed E-state index contributed by atoms with van der Waals surface area (Å²) in [6.45, 7) is 4.95. The van der Waals surface area contributed by atoms with E-state index in [1.165, 1.54) is 17.4 Å². The van der Waals surface area contributed by atoms with Gasteiger partial charge in [-0.15, -0.1) is 0 Å². The second-order valence-electron chi connectivity index (χ2n) is 7.93. The van der Waals surface area contributed by atoms with E-state index >= 15 is 0 Å². The van der Waals surface area contributed by atoms with Gasteiger partial charge in [0, 0.05) is 29.6 Å². The Morgan fingerprint density at radius 1 is 0.806 bits per heavy atom. The van der Waals surface area contributed by atoms with Gasteiger partial charge in [-0.2, -0.15) is 5.10 Å². The summed E-state index contributed by atoms with van der Waals surface area (Å²) in [6.07, 6.45) is 2.12. The molecule has 158 valence electrons. The first-order valence-corrected chi connectivity index (χ1v) is 12.2. The average Bonchev–Trinajstić information content (AvgIpc) is 3.09. The minimum atomic E-state index is -3.24. The number of rotatable bonds is 6. The molecule has 0 unspecified atom stereocenters. The third-order valence-electron chi connectivity index (χ3n) is 5.56. The van der Waals surface area contributed by atoms with Crippen molar-refractivity contribution in [1.82, 2.24) is 9.78 Å². The smallest absolute Gasteiger partial charge is 0.175 e. The highest BCUT2D eigenvalue weighted by Gasteiger charge is 2.18. The lowest BCUT2D eigenvalue weighted by molar-refractivity contribution is 0.600. The number of benzene rings is 3. The van der Waals surface area contributed by atoms with Crippen LogP contribution in [0.25, 0.3) is 22.4 Å². The monoisotopic (exact) mass is 430 g/mol. The quantitative estimate of drug-likeness (QED) is 0.407. The standard InChI is InChI=1S/C26H26N2O2S/c1-19-9-11-22(12-10-19)25-20(2)28(18-17-21-7-5-4-6-8-21)27-26(25)23-13-15-24(16-14-23)31(3,29)30/h4-16H,17-18H2,1-3H3. The van der Waals surface area contributed by atoms with Crippen molar-refractivity contribution < 1.29 is 8.42 Å². The fourth-order valence-electron chi connectivity index (χ4n) is 3.77. The Kier molecular flexibility index (Phi) is 5.79. The third-order valence-corrected chi connectivity index (χ3v) is 6.69. The van der Waals surface area contributed by atoms with Crippen molar-refractivity contribution in [3.63, 3.8) is 0 Å². The van der Waals surface area contributed by atoms with Crippen molar-refractivity contribution in [3.8, 4) is 22.4 Å². The normalized spacial score (nSPS) is 11.6. The van der Waals surface area contributed by atoms with Crippen molar-refractivity contribution in [2.45, 2.75) is 31.7 Å². The Morgan fingerprint density at radius 2 is 1.42 bits per heavy atom. The van der Waals surface area contributed by atoms with Gasteiger partial charge in [0.25, 0.3) is 0 Å². The van der Waals surface area contributed by atoms with E-state index in [9.17, 15) is 8.42 Å². The van der Waals surface area contributed by atoms with E-state index in [1.807, 2.05) is 18.2 Å². The maximum Gasteiger partial charge on any atom is 0.175 e. The first-order chi connectivity index (χ1) is 14.8. The molecule has 0 N–H and O–H groups in total. The molecular weight excluding hydrogens is 404 g/mol. The van der Waals surface area contributed by atoms with Crippen LogP contribution in [-0.4, -0.2) is 24.5 Å². The van der Waals surface area contributed by atoms with E-state index in [0.29, 0.717) is 4.90 Å². The number of aryl methyl sites for hydroxylation is 3. The Morgan fingerprint density at radius 3 is 2.03 bits per heavy atom. The van der Waals surface area contributed by atoms with Crippen LogP contribution in [0, 0.1) is 13.8 Å². The van der Waals surface area contributed by atoms with Crippen molar-refractivity contribution >= 4 is 9.84 Å². The molecule has 1 aromatic heterocycles. The molecule has 4 rings (SSSR count). The Balaban J connectivity index is 1.77. The summed E-state index contributed by atoms with van der Waals surface area (Å²) in [5, 5.41) is 4.95. The fraction of sp³-hybridized carbons (Fsp3) is 0.192. The molecular formula is C26H26N2O2S. The topological polar surface area (TPSA) is 52.0 Å². The molecule has 5 heteroatoms. The van der Waals surface area contributed by atoms with Crippen LogP contribution in [-0.2, 0) is 22.8 Å². The second-order valence-corrected chi connectivity index (χ2v) is 9.95. The first kappa shape index (κ1) is 21.1. The van der Waals surface area contributed by atoms with Crippen LogP contribution >= 0.6 is 0 Å². The van der Waals surface area contributed by atoms with Gasteiger partial charge in [0.1, 0.15) is 5.69 Å². The average molecular weight is 431 g/mol. The number of hydrogen-bond acceptors (Lipinski definition) is 3. The highest BCUT2D eigenvalue weighted by atomic mass is 32.2. The van der Waals surface area contributed by atoms with Crippen LogP contribution in [0.2, 0.25) is 0 Å². The largest absolute Gasteiger partial charge is 0.268 e. The van der Waals surface area contributed by atoms with Crippen molar-refractivity contribution in [2.75, 3.05) is 6.26 Å². The summed E-state index contributed by atoms with van der Waals surface area (Å²) in [7, 11) is -3.24. The summed E-state index contributed by atoms with van der Waals surface area (Å²) in [4.78, 5) is 0.313. The maximum absolute atomic E-state index is 11.9. The molecule has 0 aliphatic heterocycles. The van der Waals surface area contributed by atoms with Gasteiger partial charge < -0.3 is 0 Å². The van der Waals surface area contributed by atoms with E-state index in [0.717, 1.165) is 41.0 Å². The lowest BCUT2D eigenvalue weighted by atomic mass is 9.98. The highest BCUT2D eigenvalue weighted by molar-refractivity contribution is 7.90. The van der Waals surface area contributed by atoms with E-state index in [-0.39, 0.29) is 0 Å². The summed E-state index contributed by atoms with van der Waals surface area (Å²) in [5.74, 6) is 0. The Bertz CT molecular complexity index is 1290. The Hall–Kier alpha value is -3.18. The van der Waals surface area contributed by atoms with Gasteiger partial charge in [0.15, 0.2) is 9.84 Å². The minimum Gasteiger partial charge on any atom is -0.268 e. The van der Waals surface area contributed by atoms with Gasteiger partial charge in [0.05, 0.1) is 4.90 Å². The molecule has 31 heavy (non-hydrogen) atoms. The third kappa shape index (κ3) is 4.62. The molecule has 0 amide bonds. The van der Waals surface area contributed by atoms with Gasteiger partial charge in [-0.1, -0.05) is 72.3 Å².